The maximum absolute atomic E-state index is 12.0. The average Bonchev–Trinajstić information content (AvgIpc) is 2.37. The molecule has 0 aromatic heterocycles. The van der Waals surface area contributed by atoms with Crippen LogP contribution in [0, 0.1) is 10.1 Å². The van der Waals surface area contributed by atoms with Gasteiger partial charge in [-0.25, -0.2) is 0 Å². The molecule has 8 heteroatoms. The van der Waals surface area contributed by atoms with Crippen molar-refractivity contribution in [3.8, 4) is 22.6 Å². The topological polar surface area (TPSA) is 72.6 Å². The summed E-state index contributed by atoms with van der Waals surface area (Å²) < 4.78 is 39.8. The highest BCUT2D eigenvalue weighted by atomic mass is 19.4. The molecule has 0 bridgehead atoms. The molecule has 0 spiro atoms. The lowest BCUT2D eigenvalue weighted by Crippen LogP contribution is -2.16. The molecule has 5 nitrogen and oxygen atoms in total. The standard InChI is InChI=1S/C13H8F3NO4/c14-13(15,16)21-10-4-1-8(2-5-10)11-7-9(18)3-6-12(11)17(19)20/h1-7,18H. The maximum Gasteiger partial charge on any atom is 0.573 e. The van der Waals surface area contributed by atoms with E-state index in [-0.39, 0.29) is 22.6 Å². The summed E-state index contributed by atoms with van der Waals surface area (Å²) >= 11 is 0. The van der Waals surface area contributed by atoms with E-state index in [0.29, 0.717) is 0 Å². The maximum atomic E-state index is 12.0. The highest BCUT2D eigenvalue weighted by Gasteiger charge is 2.31. The van der Waals surface area contributed by atoms with Crippen LogP contribution in [0.15, 0.2) is 42.5 Å². The van der Waals surface area contributed by atoms with Crippen molar-refractivity contribution in [2.75, 3.05) is 0 Å². The second-order valence-electron chi connectivity index (χ2n) is 4.03. The van der Waals surface area contributed by atoms with Crippen molar-refractivity contribution in [1.82, 2.24) is 0 Å². The molecule has 0 atom stereocenters. The van der Waals surface area contributed by atoms with Gasteiger partial charge in [0.1, 0.15) is 11.5 Å². The second kappa shape index (κ2) is 5.31. The highest BCUT2D eigenvalue weighted by molar-refractivity contribution is 5.75. The van der Waals surface area contributed by atoms with Crippen LogP contribution in [0.1, 0.15) is 0 Å². The molecule has 0 heterocycles. The smallest absolute Gasteiger partial charge is 0.508 e. The van der Waals surface area contributed by atoms with Gasteiger partial charge in [0, 0.05) is 6.07 Å². The van der Waals surface area contributed by atoms with Crippen LogP contribution in [0.3, 0.4) is 0 Å². The van der Waals surface area contributed by atoms with Gasteiger partial charge in [-0.15, -0.1) is 13.2 Å². The number of nitro benzene ring substituents is 1. The summed E-state index contributed by atoms with van der Waals surface area (Å²) in [7, 11) is 0. The molecule has 0 aliphatic heterocycles. The van der Waals surface area contributed by atoms with Gasteiger partial charge in [0.2, 0.25) is 0 Å². The number of nitrogens with zero attached hydrogens (tertiary/aromatic N) is 1. The Kier molecular flexibility index (Phi) is 3.70. The first-order valence-electron chi connectivity index (χ1n) is 5.60. The normalized spacial score (nSPS) is 11.2. The van der Waals surface area contributed by atoms with Crippen molar-refractivity contribution < 1.29 is 27.9 Å². The zero-order chi connectivity index (χ0) is 15.6. The monoisotopic (exact) mass is 299 g/mol. The first kappa shape index (κ1) is 14.6. The van der Waals surface area contributed by atoms with E-state index in [1.165, 1.54) is 12.1 Å². The summed E-state index contributed by atoms with van der Waals surface area (Å²) in [4.78, 5) is 10.3. The number of hydrogen-bond donors (Lipinski definition) is 1. The minimum Gasteiger partial charge on any atom is -0.508 e. The van der Waals surface area contributed by atoms with Crippen molar-refractivity contribution in [1.29, 1.82) is 0 Å². The van der Waals surface area contributed by atoms with Gasteiger partial charge in [-0.2, -0.15) is 0 Å². The van der Waals surface area contributed by atoms with Crippen LogP contribution >= 0.6 is 0 Å². The van der Waals surface area contributed by atoms with Crippen LogP contribution in [-0.2, 0) is 0 Å². The molecule has 0 aliphatic carbocycles. The van der Waals surface area contributed by atoms with E-state index in [0.717, 1.165) is 30.3 Å². The molecular weight excluding hydrogens is 291 g/mol. The number of hydrogen-bond acceptors (Lipinski definition) is 4. The Morgan fingerprint density at radius 1 is 1.10 bits per heavy atom. The van der Waals surface area contributed by atoms with E-state index in [1.54, 1.807) is 0 Å². The summed E-state index contributed by atoms with van der Waals surface area (Å²) in [5.41, 5.74) is 0.114. The Hall–Kier alpha value is -2.77. The van der Waals surface area contributed by atoms with Crippen molar-refractivity contribution in [2.24, 2.45) is 0 Å². The zero-order valence-electron chi connectivity index (χ0n) is 10.3. The van der Waals surface area contributed by atoms with Gasteiger partial charge in [0.25, 0.3) is 5.69 Å². The summed E-state index contributed by atoms with van der Waals surface area (Å²) in [6.07, 6.45) is -4.81. The predicted octanol–water partition coefficient (Wildman–Crippen LogP) is 3.87. The van der Waals surface area contributed by atoms with Crippen molar-refractivity contribution in [3.63, 3.8) is 0 Å². The molecular formula is C13H8F3NO4. The number of ether oxygens (including phenoxy) is 1. The number of phenols is 1. The number of aromatic hydroxyl groups is 1. The van der Waals surface area contributed by atoms with Gasteiger partial charge >= 0.3 is 6.36 Å². The van der Waals surface area contributed by atoms with E-state index < -0.39 is 17.0 Å². The Bertz CT molecular complexity index is 668. The van der Waals surface area contributed by atoms with Gasteiger partial charge in [0.15, 0.2) is 0 Å². The highest BCUT2D eigenvalue weighted by Crippen LogP contribution is 2.34. The largest absolute Gasteiger partial charge is 0.573 e. The SMILES string of the molecule is O=[N+]([O-])c1ccc(O)cc1-c1ccc(OC(F)(F)F)cc1. The Labute approximate surface area is 116 Å². The molecule has 110 valence electrons. The molecule has 2 aromatic rings. The molecule has 2 aromatic carbocycles. The van der Waals surface area contributed by atoms with Gasteiger partial charge in [-0.3, -0.25) is 10.1 Å². The molecule has 0 aliphatic rings. The van der Waals surface area contributed by atoms with Gasteiger partial charge in [-0.05, 0) is 29.8 Å². The van der Waals surface area contributed by atoms with Gasteiger partial charge < -0.3 is 9.84 Å². The number of nitro groups is 1. The number of halogens is 3. The summed E-state index contributed by atoms with van der Waals surface area (Å²) in [6, 6.07) is 7.99. The lowest BCUT2D eigenvalue weighted by molar-refractivity contribution is -0.384. The Morgan fingerprint density at radius 3 is 2.24 bits per heavy atom. The minimum atomic E-state index is -4.81. The number of rotatable bonds is 3. The number of phenolic OH excluding ortho intramolecular Hbond substituents is 1. The molecule has 0 radical (unpaired) electrons. The van der Waals surface area contributed by atoms with Crippen LogP contribution in [0.25, 0.3) is 11.1 Å². The van der Waals surface area contributed by atoms with Crippen molar-refractivity contribution in [2.45, 2.75) is 6.36 Å². The van der Waals surface area contributed by atoms with Crippen LogP contribution in [0.4, 0.5) is 18.9 Å². The van der Waals surface area contributed by atoms with E-state index in [4.69, 9.17) is 0 Å². The average molecular weight is 299 g/mol. The molecule has 1 N–H and O–H groups in total. The van der Waals surface area contributed by atoms with Crippen LogP contribution < -0.4 is 4.74 Å². The number of benzene rings is 2. The van der Waals surface area contributed by atoms with Crippen molar-refractivity contribution in [3.05, 3.63) is 52.6 Å². The summed E-state index contributed by atoms with van der Waals surface area (Å²) in [5, 5.41) is 20.3. The second-order valence-corrected chi connectivity index (χ2v) is 4.03. The summed E-state index contributed by atoms with van der Waals surface area (Å²) in [5.74, 6) is -0.625. The van der Waals surface area contributed by atoms with Crippen LogP contribution in [0.2, 0.25) is 0 Å². The number of alkyl halides is 3. The molecule has 0 unspecified atom stereocenters. The minimum absolute atomic E-state index is 0.0959. The lowest BCUT2D eigenvalue weighted by atomic mass is 10.0. The molecule has 21 heavy (non-hydrogen) atoms. The first-order valence-corrected chi connectivity index (χ1v) is 5.60. The first-order chi connectivity index (χ1) is 9.76. The van der Waals surface area contributed by atoms with E-state index in [9.17, 15) is 28.4 Å². The van der Waals surface area contributed by atoms with Crippen molar-refractivity contribution >= 4 is 5.69 Å². The zero-order valence-corrected chi connectivity index (χ0v) is 10.3. The van der Waals surface area contributed by atoms with Crippen LogP contribution in [-0.4, -0.2) is 16.4 Å². The van der Waals surface area contributed by atoms with Crippen LogP contribution in [0.5, 0.6) is 11.5 Å². The molecule has 0 saturated carbocycles. The lowest BCUT2D eigenvalue weighted by Gasteiger charge is -2.09. The van der Waals surface area contributed by atoms with E-state index in [2.05, 4.69) is 4.74 Å². The fourth-order valence-electron chi connectivity index (χ4n) is 1.75. The Balaban J connectivity index is 2.39. The fourth-order valence-corrected chi connectivity index (χ4v) is 1.75. The molecule has 2 rings (SSSR count). The third kappa shape index (κ3) is 3.62. The molecule has 0 fully saturated rings. The van der Waals surface area contributed by atoms with Gasteiger partial charge in [-0.1, -0.05) is 12.1 Å². The predicted molar refractivity (Wildman–Crippen MR) is 66.9 cm³/mol. The summed E-state index contributed by atoms with van der Waals surface area (Å²) in [6.45, 7) is 0. The third-order valence-electron chi connectivity index (χ3n) is 2.58. The molecule has 0 amide bonds. The van der Waals surface area contributed by atoms with E-state index >= 15 is 0 Å². The van der Waals surface area contributed by atoms with Gasteiger partial charge in [0.05, 0.1) is 10.5 Å². The fraction of sp³-hybridized carbons (Fsp3) is 0.0769. The Morgan fingerprint density at radius 2 is 1.71 bits per heavy atom. The molecule has 0 saturated heterocycles. The third-order valence-corrected chi connectivity index (χ3v) is 2.58. The quantitative estimate of drug-likeness (QED) is 0.690. The van der Waals surface area contributed by atoms with E-state index in [1.807, 2.05) is 0 Å².